The van der Waals surface area contributed by atoms with Crippen LogP contribution < -0.4 is 10.6 Å². The lowest BCUT2D eigenvalue weighted by Crippen LogP contribution is -2.42. The zero-order chi connectivity index (χ0) is 15.9. The molecule has 4 nitrogen and oxygen atoms in total. The molecule has 0 aromatic heterocycles. The van der Waals surface area contributed by atoms with E-state index in [2.05, 4.69) is 17.6 Å². The highest BCUT2D eigenvalue weighted by atomic mass is 16.2. The summed E-state index contributed by atoms with van der Waals surface area (Å²) < 4.78 is 0. The Balaban J connectivity index is 3.28. The van der Waals surface area contributed by atoms with Gasteiger partial charge in [0, 0.05) is 12.6 Å². The normalized spacial score (nSPS) is 10.7. The van der Waals surface area contributed by atoms with Gasteiger partial charge in [0.2, 0.25) is 0 Å². The summed E-state index contributed by atoms with van der Waals surface area (Å²) in [5.74, 6) is -1.04. The fourth-order valence-electron chi connectivity index (χ4n) is 2.22. The molecule has 0 aromatic carbocycles. The molecule has 2 amide bonds. The molecular weight excluding hydrogens is 264 g/mol. The van der Waals surface area contributed by atoms with Crippen LogP contribution in [-0.4, -0.2) is 24.4 Å². The molecule has 0 aliphatic heterocycles. The van der Waals surface area contributed by atoms with Crippen molar-refractivity contribution in [2.45, 2.75) is 91.0 Å². The van der Waals surface area contributed by atoms with Crippen LogP contribution in [0.4, 0.5) is 0 Å². The number of amides is 2. The van der Waals surface area contributed by atoms with E-state index in [1.165, 1.54) is 51.4 Å². The summed E-state index contributed by atoms with van der Waals surface area (Å²) in [7, 11) is 0. The molecule has 0 saturated heterocycles. The number of nitrogens with one attached hydrogen (secondary N) is 2. The minimum atomic E-state index is -0.530. The first-order valence-electron chi connectivity index (χ1n) is 8.66. The van der Waals surface area contributed by atoms with Crippen LogP contribution in [0.5, 0.6) is 0 Å². The van der Waals surface area contributed by atoms with Crippen LogP contribution in [0, 0.1) is 0 Å². The van der Waals surface area contributed by atoms with Gasteiger partial charge in [0.1, 0.15) is 0 Å². The fraction of sp³-hybridized carbons (Fsp3) is 0.882. The van der Waals surface area contributed by atoms with Gasteiger partial charge in [-0.15, -0.1) is 0 Å². The first-order chi connectivity index (χ1) is 10.1. The lowest BCUT2D eigenvalue weighted by molar-refractivity contribution is -0.139. The zero-order valence-corrected chi connectivity index (χ0v) is 14.2. The number of carbonyl (C=O) groups is 2. The molecule has 0 saturated carbocycles. The van der Waals surface area contributed by atoms with Gasteiger partial charge >= 0.3 is 11.8 Å². The van der Waals surface area contributed by atoms with Crippen LogP contribution >= 0.6 is 0 Å². The second-order valence-electron chi connectivity index (χ2n) is 6.07. The average molecular weight is 298 g/mol. The Morgan fingerprint density at radius 1 is 0.762 bits per heavy atom. The number of rotatable bonds is 12. The third kappa shape index (κ3) is 13.7. The van der Waals surface area contributed by atoms with E-state index in [1.807, 2.05) is 13.8 Å². The van der Waals surface area contributed by atoms with Gasteiger partial charge in [0.25, 0.3) is 0 Å². The molecule has 0 aromatic rings. The quantitative estimate of drug-likeness (QED) is 0.427. The molecule has 0 heterocycles. The summed E-state index contributed by atoms with van der Waals surface area (Å²) in [5, 5.41) is 5.24. The van der Waals surface area contributed by atoms with E-state index < -0.39 is 11.8 Å². The summed E-state index contributed by atoms with van der Waals surface area (Å²) in [5.41, 5.74) is 0. The van der Waals surface area contributed by atoms with E-state index in [-0.39, 0.29) is 6.04 Å². The predicted octanol–water partition coefficient (Wildman–Crippen LogP) is 3.55. The third-order valence-electron chi connectivity index (χ3n) is 3.44. The molecule has 4 heteroatoms. The molecule has 2 N–H and O–H groups in total. The molecule has 0 atom stereocenters. The van der Waals surface area contributed by atoms with Crippen molar-refractivity contribution in [2.24, 2.45) is 0 Å². The highest BCUT2D eigenvalue weighted by Crippen LogP contribution is 2.10. The SMILES string of the molecule is CCCCCCCCCCCCNC(=O)C(=O)NC(C)C. The Kier molecular flexibility index (Phi) is 13.2. The van der Waals surface area contributed by atoms with Crippen molar-refractivity contribution in [1.82, 2.24) is 10.6 Å². The average Bonchev–Trinajstić information content (AvgIpc) is 2.43. The third-order valence-corrected chi connectivity index (χ3v) is 3.44. The monoisotopic (exact) mass is 298 g/mol. The van der Waals surface area contributed by atoms with E-state index in [0.29, 0.717) is 6.54 Å². The van der Waals surface area contributed by atoms with Gasteiger partial charge in [-0.25, -0.2) is 0 Å². The van der Waals surface area contributed by atoms with Gasteiger partial charge in [-0.05, 0) is 20.3 Å². The minimum absolute atomic E-state index is 0.000534. The van der Waals surface area contributed by atoms with Crippen molar-refractivity contribution in [2.75, 3.05) is 6.54 Å². The Hall–Kier alpha value is -1.06. The van der Waals surface area contributed by atoms with Crippen molar-refractivity contribution in [1.29, 1.82) is 0 Å². The van der Waals surface area contributed by atoms with Gasteiger partial charge in [-0.3, -0.25) is 9.59 Å². The zero-order valence-electron chi connectivity index (χ0n) is 14.2. The maximum Gasteiger partial charge on any atom is 0.309 e. The smallest absolute Gasteiger partial charge is 0.309 e. The predicted molar refractivity (Wildman–Crippen MR) is 88.1 cm³/mol. The first-order valence-corrected chi connectivity index (χ1v) is 8.66. The summed E-state index contributed by atoms with van der Waals surface area (Å²) in [4.78, 5) is 22.8. The largest absolute Gasteiger partial charge is 0.348 e. The number of hydrogen-bond acceptors (Lipinski definition) is 2. The number of hydrogen-bond donors (Lipinski definition) is 2. The first kappa shape index (κ1) is 19.9. The van der Waals surface area contributed by atoms with Crippen molar-refractivity contribution in [3.05, 3.63) is 0 Å². The van der Waals surface area contributed by atoms with Crippen LogP contribution in [0.25, 0.3) is 0 Å². The van der Waals surface area contributed by atoms with Crippen LogP contribution in [0.1, 0.15) is 85.0 Å². The van der Waals surface area contributed by atoms with Gasteiger partial charge in [0.05, 0.1) is 0 Å². The van der Waals surface area contributed by atoms with Crippen molar-refractivity contribution in [3.8, 4) is 0 Å². The Labute approximate surface area is 130 Å². The second kappa shape index (κ2) is 13.9. The maximum atomic E-state index is 11.4. The molecule has 0 bridgehead atoms. The second-order valence-corrected chi connectivity index (χ2v) is 6.07. The van der Waals surface area contributed by atoms with Crippen LogP contribution in [0.15, 0.2) is 0 Å². The van der Waals surface area contributed by atoms with Gasteiger partial charge in [-0.1, -0.05) is 64.7 Å². The molecule has 0 aliphatic carbocycles. The maximum absolute atomic E-state index is 11.4. The topological polar surface area (TPSA) is 58.2 Å². The fourth-order valence-corrected chi connectivity index (χ4v) is 2.22. The van der Waals surface area contributed by atoms with E-state index in [4.69, 9.17) is 0 Å². The Bertz CT molecular complexity index is 278. The van der Waals surface area contributed by atoms with Crippen molar-refractivity contribution < 1.29 is 9.59 Å². The molecule has 0 unspecified atom stereocenters. The minimum Gasteiger partial charge on any atom is -0.348 e. The van der Waals surface area contributed by atoms with Gasteiger partial charge in [-0.2, -0.15) is 0 Å². The lowest BCUT2D eigenvalue weighted by Gasteiger charge is -2.08. The Morgan fingerprint density at radius 3 is 1.71 bits per heavy atom. The number of carbonyl (C=O) groups excluding carboxylic acids is 2. The summed E-state index contributed by atoms with van der Waals surface area (Å²) in [6.07, 6.45) is 12.7. The summed E-state index contributed by atoms with van der Waals surface area (Å²) in [6.45, 7) is 6.52. The molecule has 0 fully saturated rings. The van der Waals surface area contributed by atoms with E-state index >= 15 is 0 Å². The highest BCUT2D eigenvalue weighted by molar-refractivity contribution is 6.35. The molecular formula is C17H34N2O2. The van der Waals surface area contributed by atoms with E-state index in [0.717, 1.165) is 12.8 Å². The highest BCUT2D eigenvalue weighted by Gasteiger charge is 2.12. The van der Waals surface area contributed by atoms with Crippen molar-refractivity contribution in [3.63, 3.8) is 0 Å². The van der Waals surface area contributed by atoms with Crippen LogP contribution in [0.3, 0.4) is 0 Å². The standard InChI is InChI=1S/C17H34N2O2/c1-4-5-6-7-8-9-10-11-12-13-14-18-16(20)17(21)19-15(2)3/h15H,4-14H2,1-3H3,(H,18,20)(H,19,21). The van der Waals surface area contributed by atoms with Crippen LogP contribution in [-0.2, 0) is 9.59 Å². The summed E-state index contributed by atoms with van der Waals surface area (Å²) in [6, 6.07) is 0.000534. The van der Waals surface area contributed by atoms with Crippen molar-refractivity contribution >= 4 is 11.8 Å². The molecule has 124 valence electrons. The van der Waals surface area contributed by atoms with Gasteiger partial charge < -0.3 is 10.6 Å². The molecule has 0 aliphatic rings. The van der Waals surface area contributed by atoms with E-state index in [9.17, 15) is 9.59 Å². The molecule has 0 spiro atoms. The lowest BCUT2D eigenvalue weighted by atomic mass is 10.1. The number of unbranched alkanes of at least 4 members (excludes halogenated alkanes) is 9. The molecule has 0 radical (unpaired) electrons. The molecule has 0 rings (SSSR count). The van der Waals surface area contributed by atoms with Crippen LogP contribution in [0.2, 0.25) is 0 Å². The Morgan fingerprint density at radius 2 is 1.24 bits per heavy atom. The van der Waals surface area contributed by atoms with E-state index in [1.54, 1.807) is 0 Å². The molecule has 21 heavy (non-hydrogen) atoms. The van der Waals surface area contributed by atoms with Gasteiger partial charge in [0.15, 0.2) is 0 Å². The summed E-state index contributed by atoms with van der Waals surface area (Å²) >= 11 is 0.